The van der Waals surface area contributed by atoms with E-state index in [1.165, 1.54) is 0 Å². The number of nitrogens with one attached hydrogen (secondary N) is 1. The van der Waals surface area contributed by atoms with E-state index in [1.807, 2.05) is 43.3 Å². The molecule has 33 heavy (non-hydrogen) atoms. The highest BCUT2D eigenvalue weighted by Gasteiger charge is 2.43. The number of carbonyl (C=O) groups is 4. The Balaban J connectivity index is 0.000000819. The van der Waals surface area contributed by atoms with E-state index in [2.05, 4.69) is 10.3 Å². The van der Waals surface area contributed by atoms with Crippen molar-refractivity contribution in [3.63, 3.8) is 0 Å². The minimum atomic E-state index is -0.701. The van der Waals surface area contributed by atoms with Crippen LogP contribution >= 0.6 is 0 Å². The molecule has 1 aromatic heterocycles. The number of anilines is 1. The molecule has 0 saturated carbocycles. The fourth-order valence-electron chi connectivity index (χ4n) is 3.49. The van der Waals surface area contributed by atoms with Gasteiger partial charge in [0.25, 0.3) is 18.9 Å². The molecular formula is C23H30N4O6. The minimum absolute atomic E-state index is 0.0342. The maximum Gasteiger partial charge on any atom is 0.290 e. The second-order valence-electron chi connectivity index (χ2n) is 7.46. The van der Waals surface area contributed by atoms with Crippen LogP contribution in [0.3, 0.4) is 0 Å². The van der Waals surface area contributed by atoms with Crippen LogP contribution in [0.1, 0.15) is 28.9 Å². The highest BCUT2D eigenvalue weighted by atomic mass is 16.3. The van der Waals surface area contributed by atoms with Gasteiger partial charge < -0.3 is 25.3 Å². The van der Waals surface area contributed by atoms with Crippen molar-refractivity contribution >= 4 is 30.4 Å². The molecule has 2 heterocycles. The van der Waals surface area contributed by atoms with E-state index in [0.717, 1.165) is 11.4 Å². The second-order valence-corrected chi connectivity index (χ2v) is 7.46. The van der Waals surface area contributed by atoms with Gasteiger partial charge >= 0.3 is 0 Å². The number of nitrogens with zero attached hydrogens (tertiary/aromatic N) is 3. The van der Waals surface area contributed by atoms with Gasteiger partial charge in [-0.1, -0.05) is 18.2 Å². The predicted octanol–water partition coefficient (Wildman–Crippen LogP) is 1.97. The zero-order chi connectivity index (χ0) is 24.9. The summed E-state index contributed by atoms with van der Waals surface area (Å²) in [7, 11) is 3.54. The lowest BCUT2D eigenvalue weighted by molar-refractivity contribution is -0.135. The normalized spacial score (nSPS) is 13.7. The van der Waals surface area contributed by atoms with Crippen LogP contribution in [0.15, 0.2) is 48.7 Å². The number of amides is 2. The number of para-hydroxylation sites is 1. The molecule has 3 N–H and O–H groups in total. The van der Waals surface area contributed by atoms with Gasteiger partial charge in [-0.05, 0) is 44.0 Å². The van der Waals surface area contributed by atoms with Crippen LogP contribution in [-0.2, 0) is 14.4 Å². The minimum Gasteiger partial charge on any atom is -0.483 e. The van der Waals surface area contributed by atoms with Gasteiger partial charge in [-0.25, -0.2) is 0 Å². The topological polar surface area (TPSA) is 140 Å². The van der Waals surface area contributed by atoms with Gasteiger partial charge in [0.1, 0.15) is 5.54 Å². The molecule has 178 valence electrons. The standard InChI is InChI=1S/C21H26N4O2.2CH2O2/c1-16-9-10-17(15-22-16)19(26)25-13-11-21(12-14-25,20(27)24(2)3)23-18-7-5-4-6-8-18;2*2-1-3/h4-10,15,23H,11-14H2,1-3H3;2*1H,(H,2,3). The van der Waals surface area contributed by atoms with E-state index in [0.29, 0.717) is 31.5 Å². The van der Waals surface area contributed by atoms with Crippen LogP contribution in [0, 0.1) is 6.92 Å². The smallest absolute Gasteiger partial charge is 0.290 e. The van der Waals surface area contributed by atoms with Crippen molar-refractivity contribution in [1.29, 1.82) is 0 Å². The van der Waals surface area contributed by atoms with E-state index in [-0.39, 0.29) is 24.8 Å². The van der Waals surface area contributed by atoms with Crippen molar-refractivity contribution in [2.75, 3.05) is 32.5 Å². The highest BCUT2D eigenvalue weighted by Crippen LogP contribution is 2.29. The summed E-state index contributed by atoms with van der Waals surface area (Å²) in [6, 6.07) is 13.4. The number of benzene rings is 1. The fourth-order valence-corrected chi connectivity index (χ4v) is 3.49. The summed E-state index contributed by atoms with van der Waals surface area (Å²) >= 11 is 0. The molecule has 1 saturated heterocycles. The Labute approximate surface area is 192 Å². The summed E-state index contributed by atoms with van der Waals surface area (Å²) in [6.07, 6.45) is 2.74. The number of carbonyl (C=O) groups excluding carboxylic acids is 2. The summed E-state index contributed by atoms with van der Waals surface area (Å²) in [5.41, 5.74) is 1.68. The van der Waals surface area contributed by atoms with Crippen LogP contribution in [0.4, 0.5) is 5.69 Å². The lowest BCUT2D eigenvalue weighted by atomic mass is 9.85. The van der Waals surface area contributed by atoms with Gasteiger partial charge in [-0.2, -0.15) is 0 Å². The molecule has 10 nitrogen and oxygen atoms in total. The Hall–Kier alpha value is -3.95. The molecule has 1 aliphatic heterocycles. The Morgan fingerprint density at radius 1 is 1.03 bits per heavy atom. The first-order chi connectivity index (χ1) is 15.7. The van der Waals surface area contributed by atoms with E-state index in [4.69, 9.17) is 19.8 Å². The van der Waals surface area contributed by atoms with Crippen molar-refractivity contribution in [3.8, 4) is 0 Å². The van der Waals surface area contributed by atoms with E-state index in [1.54, 1.807) is 36.2 Å². The third-order valence-corrected chi connectivity index (χ3v) is 5.04. The number of piperidine rings is 1. The third kappa shape index (κ3) is 7.91. The number of likely N-dealkylation sites (N-methyl/N-ethyl adjacent to an activating group) is 1. The van der Waals surface area contributed by atoms with E-state index < -0.39 is 5.54 Å². The Bertz CT molecular complexity index is 889. The van der Waals surface area contributed by atoms with Crippen molar-refractivity contribution in [1.82, 2.24) is 14.8 Å². The maximum atomic E-state index is 13.0. The molecule has 10 heteroatoms. The van der Waals surface area contributed by atoms with E-state index >= 15 is 0 Å². The van der Waals surface area contributed by atoms with Crippen molar-refractivity contribution in [3.05, 3.63) is 59.9 Å². The zero-order valence-corrected chi connectivity index (χ0v) is 19.0. The molecule has 3 rings (SSSR count). The number of pyridine rings is 1. The number of likely N-dealkylation sites (tertiary alicyclic amines) is 1. The highest BCUT2D eigenvalue weighted by molar-refractivity contribution is 5.95. The van der Waals surface area contributed by atoms with Crippen molar-refractivity contribution < 1.29 is 29.4 Å². The maximum absolute atomic E-state index is 13.0. The molecule has 2 aromatic rings. The molecule has 0 aliphatic carbocycles. The number of hydrogen-bond donors (Lipinski definition) is 3. The lowest BCUT2D eigenvalue weighted by Crippen LogP contribution is -2.58. The molecule has 0 bridgehead atoms. The zero-order valence-electron chi connectivity index (χ0n) is 19.0. The van der Waals surface area contributed by atoms with Gasteiger partial charge in [-0.15, -0.1) is 0 Å². The molecule has 0 spiro atoms. The van der Waals surface area contributed by atoms with Crippen LogP contribution < -0.4 is 5.32 Å². The van der Waals surface area contributed by atoms with Crippen LogP contribution in [0.2, 0.25) is 0 Å². The van der Waals surface area contributed by atoms with Gasteiger partial charge in [-0.3, -0.25) is 24.2 Å². The van der Waals surface area contributed by atoms with Gasteiger partial charge in [0, 0.05) is 44.8 Å². The summed E-state index contributed by atoms with van der Waals surface area (Å²) < 4.78 is 0. The molecule has 1 aliphatic rings. The van der Waals surface area contributed by atoms with Crippen molar-refractivity contribution in [2.24, 2.45) is 0 Å². The first-order valence-electron chi connectivity index (χ1n) is 10.2. The quantitative estimate of drug-likeness (QED) is 0.591. The monoisotopic (exact) mass is 458 g/mol. The fraction of sp³-hybridized carbons (Fsp3) is 0.348. The summed E-state index contributed by atoms with van der Waals surface area (Å²) in [5.74, 6) is 0.00330. The Morgan fingerprint density at radius 3 is 2.03 bits per heavy atom. The molecule has 1 aromatic carbocycles. The number of rotatable bonds is 4. The molecule has 2 amide bonds. The molecule has 0 radical (unpaired) electrons. The van der Waals surface area contributed by atoms with Crippen molar-refractivity contribution in [2.45, 2.75) is 25.3 Å². The lowest BCUT2D eigenvalue weighted by Gasteiger charge is -2.43. The largest absolute Gasteiger partial charge is 0.483 e. The second kappa shape index (κ2) is 13.5. The third-order valence-electron chi connectivity index (χ3n) is 5.04. The van der Waals surface area contributed by atoms with Gasteiger partial charge in [0.2, 0.25) is 5.91 Å². The number of aromatic nitrogens is 1. The number of carboxylic acid groups (broad SMARTS) is 2. The summed E-state index contributed by atoms with van der Waals surface area (Å²) in [5, 5.41) is 17.2. The molecule has 0 atom stereocenters. The molecular weight excluding hydrogens is 428 g/mol. The Kier molecular flexibility index (Phi) is 11.0. The molecule has 1 fully saturated rings. The predicted molar refractivity (Wildman–Crippen MR) is 123 cm³/mol. The first kappa shape index (κ1) is 27.1. The summed E-state index contributed by atoms with van der Waals surface area (Å²) in [4.78, 5) is 50.1. The van der Waals surface area contributed by atoms with Crippen LogP contribution in [-0.4, -0.2) is 82.5 Å². The van der Waals surface area contributed by atoms with Gasteiger partial charge in [0.05, 0.1) is 5.56 Å². The SMILES string of the molecule is Cc1ccc(C(=O)N2CCC(Nc3ccccc3)(C(=O)N(C)C)CC2)cn1.O=CO.O=CO. The average molecular weight is 459 g/mol. The number of hydrogen-bond acceptors (Lipinski definition) is 6. The Morgan fingerprint density at radius 2 is 1.58 bits per heavy atom. The first-order valence-corrected chi connectivity index (χ1v) is 10.2. The number of aryl methyl sites for hydroxylation is 1. The molecule has 0 unspecified atom stereocenters. The van der Waals surface area contributed by atoms with Crippen LogP contribution in [0.5, 0.6) is 0 Å². The van der Waals surface area contributed by atoms with Crippen LogP contribution in [0.25, 0.3) is 0 Å². The average Bonchev–Trinajstić information content (AvgIpc) is 2.81. The summed E-state index contributed by atoms with van der Waals surface area (Å²) in [6.45, 7) is 2.43. The van der Waals surface area contributed by atoms with Gasteiger partial charge in [0.15, 0.2) is 0 Å². The van der Waals surface area contributed by atoms with E-state index in [9.17, 15) is 9.59 Å².